The van der Waals surface area contributed by atoms with E-state index >= 15 is 0 Å². The summed E-state index contributed by atoms with van der Waals surface area (Å²) >= 11 is 8.30. The number of hydrogen-bond acceptors (Lipinski definition) is 6. The average molecular weight is 403 g/mol. The van der Waals surface area contributed by atoms with Crippen LogP contribution in [0.2, 0.25) is 5.15 Å². The van der Waals surface area contributed by atoms with Crippen LogP contribution >= 0.6 is 22.9 Å². The van der Waals surface area contributed by atoms with E-state index < -0.39 is 0 Å². The van der Waals surface area contributed by atoms with Crippen molar-refractivity contribution < 1.29 is 0 Å². The van der Waals surface area contributed by atoms with E-state index in [9.17, 15) is 0 Å². The summed E-state index contributed by atoms with van der Waals surface area (Å²) in [6.07, 6.45) is 5.74. The topological polar surface area (TPSA) is 59.7 Å². The molecule has 8 heteroatoms. The van der Waals surface area contributed by atoms with Crippen LogP contribution < -0.4 is 4.90 Å². The van der Waals surface area contributed by atoms with E-state index in [1.54, 1.807) is 17.5 Å². The second-order valence-electron chi connectivity index (χ2n) is 7.29. The van der Waals surface area contributed by atoms with Crippen LogP contribution in [-0.4, -0.2) is 31.3 Å². The molecule has 0 saturated carbocycles. The summed E-state index contributed by atoms with van der Waals surface area (Å²) in [6.45, 7) is 8.18. The Bertz CT molecular complexity index is 920. The molecule has 27 heavy (non-hydrogen) atoms. The van der Waals surface area contributed by atoms with Gasteiger partial charge in [-0.2, -0.15) is 5.10 Å². The summed E-state index contributed by atoms with van der Waals surface area (Å²) in [4.78, 5) is 15.8. The molecule has 3 aromatic heterocycles. The summed E-state index contributed by atoms with van der Waals surface area (Å²) in [7, 11) is 0. The van der Waals surface area contributed by atoms with Crippen molar-refractivity contribution in [2.45, 2.75) is 46.2 Å². The number of rotatable bonds is 5. The number of aryl methyl sites for hydroxylation is 1. The number of nitrogens with zero attached hydrogens (tertiary/aromatic N) is 6. The molecule has 4 rings (SSSR count). The lowest BCUT2D eigenvalue weighted by atomic mass is 10.1. The zero-order valence-electron chi connectivity index (χ0n) is 15.8. The quantitative estimate of drug-likeness (QED) is 0.615. The van der Waals surface area contributed by atoms with Gasteiger partial charge in [0.15, 0.2) is 10.8 Å². The zero-order valence-corrected chi connectivity index (χ0v) is 17.3. The Labute approximate surface area is 168 Å². The molecule has 0 amide bonds. The molecule has 0 bridgehead atoms. The largest absolute Gasteiger partial charge is 0.349 e. The van der Waals surface area contributed by atoms with Crippen LogP contribution in [0.4, 0.5) is 5.82 Å². The first-order valence-electron chi connectivity index (χ1n) is 9.27. The molecule has 1 aliphatic rings. The van der Waals surface area contributed by atoms with Gasteiger partial charge in [0, 0.05) is 36.4 Å². The van der Waals surface area contributed by atoms with Gasteiger partial charge in [0.2, 0.25) is 0 Å². The number of anilines is 1. The van der Waals surface area contributed by atoms with Gasteiger partial charge in [-0.05, 0) is 31.7 Å². The predicted octanol–water partition coefficient (Wildman–Crippen LogP) is 4.76. The maximum absolute atomic E-state index is 6.75. The van der Waals surface area contributed by atoms with Crippen molar-refractivity contribution >= 4 is 28.8 Å². The van der Waals surface area contributed by atoms with E-state index in [0.29, 0.717) is 11.7 Å². The van der Waals surface area contributed by atoms with E-state index in [4.69, 9.17) is 21.7 Å². The first-order valence-corrected chi connectivity index (χ1v) is 10.5. The van der Waals surface area contributed by atoms with Gasteiger partial charge in [0.05, 0.1) is 11.7 Å². The molecule has 0 N–H and O–H groups in total. The molecule has 0 radical (unpaired) electrons. The maximum Gasteiger partial charge on any atom is 0.190 e. The number of halogens is 1. The summed E-state index contributed by atoms with van der Waals surface area (Å²) in [5.74, 6) is 2.09. The highest BCUT2D eigenvalue weighted by molar-refractivity contribution is 7.13. The fourth-order valence-electron chi connectivity index (χ4n) is 3.70. The molecule has 0 aliphatic carbocycles. The molecule has 0 spiro atoms. The zero-order chi connectivity index (χ0) is 19.0. The molecule has 4 heterocycles. The minimum Gasteiger partial charge on any atom is -0.349 e. The third-order valence-electron chi connectivity index (χ3n) is 4.79. The van der Waals surface area contributed by atoms with Crippen LogP contribution in [0.25, 0.3) is 10.8 Å². The second-order valence-corrected chi connectivity index (χ2v) is 8.55. The van der Waals surface area contributed by atoms with Crippen molar-refractivity contribution in [3.8, 4) is 10.8 Å². The van der Waals surface area contributed by atoms with E-state index in [0.717, 1.165) is 53.2 Å². The van der Waals surface area contributed by atoms with Crippen LogP contribution in [0.5, 0.6) is 0 Å². The summed E-state index contributed by atoms with van der Waals surface area (Å²) in [5, 5.41) is 8.24. The van der Waals surface area contributed by atoms with Gasteiger partial charge in [-0.15, -0.1) is 11.3 Å². The fraction of sp³-hybridized carbons (Fsp3) is 0.474. The first-order chi connectivity index (χ1) is 13.0. The van der Waals surface area contributed by atoms with Gasteiger partial charge in [0.1, 0.15) is 11.0 Å². The van der Waals surface area contributed by atoms with Crippen molar-refractivity contribution in [2.75, 3.05) is 11.4 Å². The lowest BCUT2D eigenvalue weighted by Crippen LogP contribution is -2.24. The molecule has 0 aromatic carbocycles. The van der Waals surface area contributed by atoms with Crippen LogP contribution in [0, 0.1) is 12.8 Å². The van der Waals surface area contributed by atoms with Crippen LogP contribution in [-0.2, 0) is 6.54 Å². The predicted molar refractivity (Wildman–Crippen MR) is 109 cm³/mol. The molecule has 1 fully saturated rings. The second kappa shape index (κ2) is 7.56. The van der Waals surface area contributed by atoms with Crippen molar-refractivity contribution in [1.29, 1.82) is 0 Å². The Hall–Kier alpha value is -1.99. The molecular weight excluding hydrogens is 380 g/mol. The molecule has 3 aromatic rings. The third-order valence-corrected chi connectivity index (χ3v) is 5.96. The van der Waals surface area contributed by atoms with Crippen LogP contribution in [0.3, 0.4) is 0 Å². The minimum absolute atomic E-state index is 0.192. The molecule has 1 atom stereocenters. The first kappa shape index (κ1) is 18.4. The molecule has 6 nitrogen and oxygen atoms in total. The maximum atomic E-state index is 6.75. The normalized spacial score (nSPS) is 17.2. The van der Waals surface area contributed by atoms with Gasteiger partial charge < -0.3 is 4.90 Å². The lowest BCUT2D eigenvalue weighted by Gasteiger charge is -2.26. The Morgan fingerprint density at radius 2 is 2.15 bits per heavy atom. The van der Waals surface area contributed by atoms with Gasteiger partial charge in [-0.25, -0.2) is 15.0 Å². The van der Waals surface area contributed by atoms with Gasteiger partial charge in [-0.1, -0.05) is 25.4 Å². The summed E-state index contributed by atoms with van der Waals surface area (Å²) in [5.41, 5.74) is 2.14. The minimum atomic E-state index is 0.192. The number of thiazole rings is 1. The Kier molecular flexibility index (Phi) is 5.14. The van der Waals surface area contributed by atoms with Gasteiger partial charge in [0.25, 0.3) is 0 Å². The number of hydrogen-bond donors (Lipinski definition) is 0. The van der Waals surface area contributed by atoms with E-state index in [-0.39, 0.29) is 6.04 Å². The average Bonchev–Trinajstić information content (AvgIpc) is 3.37. The molecule has 1 unspecified atom stereocenters. The van der Waals surface area contributed by atoms with Crippen molar-refractivity contribution in [2.24, 2.45) is 5.92 Å². The van der Waals surface area contributed by atoms with Gasteiger partial charge >= 0.3 is 0 Å². The number of aromatic nitrogens is 5. The highest BCUT2D eigenvalue weighted by atomic mass is 35.5. The summed E-state index contributed by atoms with van der Waals surface area (Å²) in [6, 6.07) is 2.16. The fourth-order valence-corrected chi connectivity index (χ4v) is 4.65. The van der Waals surface area contributed by atoms with Crippen molar-refractivity contribution in [1.82, 2.24) is 24.7 Å². The van der Waals surface area contributed by atoms with E-state index in [1.807, 2.05) is 22.3 Å². The Morgan fingerprint density at radius 3 is 2.89 bits per heavy atom. The molecule has 1 aliphatic heterocycles. The molecule has 1 saturated heterocycles. The highest BCUT2D eigenvalue weighted by Gasteiger charge is 2.32. The monoisotopic (exact) mass is 402 g/mol. The Morgan fingerprint density at radius 1 is 1.30 bits per heavy atom. The standard InChI is InChI=1S/C19H23ClN6S/c1-12(2)11-26-17(20)16(13(3)24-26)14-5-4-9-25(14)15-6-7-21-18(23-15)19-22-8-10-27-19/h6-8,10,12,14H,4-5,9,11H2,1-3H3. The van der Waals surface area contributed by atoms with Crippen molar-refractivity contribution in [3.63, 3.8) is 0 Å². The van der Waals surface area contributed by atoms with E-state index in [2.05, 4.69) is 35.6 Å². The SMILES string of the molecule is Cc1nn(CC(C)C)c(Cl)c1C1CCCN1c1ccnc(-c2nccs2)n1. The van der Waals surface area contributed by atoms with Crippen molar-refractivity contribution in [3.05, 3.63) is 40.3 Å². The smallest absolute Gasteiger partial charge is 0.190 e. The van der Waals surface area contributed by atoms with Crippen LogP contribution in [0.15, 0.2) is 23.8 Å². The van der Waals surface area contributed by atoms with E-state index in [1.165, 1.54) is 0 Å². The van der Waals surface area contributed by atoms with Gasteiger partial charge in [-0.3, -0.25) is 4.68 Å². The third kappa shape index (κ3) is 3.58. The molecular formula is C19H23ClN6S. The van der Waals surface area contributed by atoms with Crippen LogP contribution in [0.1, 0.15) is 44.0 Å². The summed E-state index contributed by atoms with van der Waals surface area (Å²) < 4.78 is 1.94. The lowest BCUT2D eigenvalue weighted by molar-refractivity contribution is 0.481. The molecule has 142 valence electrons. The Balaban J connectivity index is 1.68. The highest BCUT2D eigenvalue weighted by Crippen LogP contribution is 2.40.